The molecule has 2 unspecified atom stereocenters. The zero-order chi connectivity index (χ0) is 26.4. The van der Waals surface area contributed by atoms with Crippen LogP contribution in [0.4, 0.5) is 0 Å². The molecule has 0 saturated carbocycles. The number of benzene rings is 1. The molecule has 0 aliphatic carbocycles. The number of unbranched alkanes of at least 4 members (excludes halogenated alkanes) is 10. The number of hydrogen-bond donors (Lipinski definition) is 0. The molecule has 0 aromatic heterocycles. The quantitative estimate of drug-likeness (QED) is 0.125. The summed E-state index contributed by atoms with van der Waals surface area (Å²) in [5.41, 5.74) is 1.71. The minimum Gasteiger partial charge on any atom is -0.251 e. The first-order valence-electron chi connectivity index (χ1n) is 14.5. The molecule has 0 N–H and O–H groups in total. The van der Waals surface area contributed by atoms with Gasteiger partial charge in [-0.2, -0.15) is 8.42 Å². The van der Waals surface area contributed by atoms with E-state index in [4.69, 9.17) is 0 Å². The molecule has 0 spiro atoms. The first-order valence-corrected chi connectivity index (χ1v) is 16.4. The first kappa shape index (κ1) is 34.6. The van der Waals surface area contributed by atoms with Gasteiger partial charge in [0.05, 0.1) is 4.90 Å². The van der Waals surface area contributed by atoms with Crippen LogP contribution in [-0.2, 0) is 14.1 Å². The largest absolute Gasteiger partial charge is 0.299 e. The maximum atomic E-state index is 11.1. The van der Waals surface area contributed by atoms with Crippen molar-refractivity contribution in [2.45, 2.75) is 155 Å². The Labute approximate surface area is 222 Å². The molecule has 0 bridgehead atoms. The van der Waals surface area contributed by atoms with Crippen molar-refractivity contribution in [1.29, 1.82) is 0 Å². The number of aryl methyl sites for hydroxylation is 1. The van der Waals surface area contributed by atoms with Gasteiger partial charge in [0.1, 0.15) is 0 Å². The summed E-state index contributed by atoms with van der Waals surface area (Å²) in [4.78, 5) is 0.170. The molecule has 0 aliphatic heterocycles. The summed E-state index contributed by atoms with van der Waals surface area (Å²) in [7, 11) is -1.83. The average Bonchev–Trinajstić information content (AvgIpc) is 2.86. The highest BCUT2D eigenvalue weighted by Gasteiger charge is 2.27. The molecule has 2 atom stereocenters. The Morgan fingerprint density at radius 1 is 0.629 bits per heavy atom. The molecule has 3 nitrogen and oxygen atoms in total. The highest BCUT2D eigenvalue weighted by atomic mass is 32.2. The molecule has 1 rings (SSSR count). The Morgan fingerprint density at radius 2 is 1.00 bits per heavy atom. The molecule has 1 aromatic rings. The highest BCUT2D eigenvalue weighted by molar-refractivity contribution is 7.88. The van der Waals surface area contributed by atoms with Crippen LogP contribution in [0, 0.1) is 12.3 Å². The summed E-state index contributed by atoms with van der Waals surface area (Å²) >= 11 is 0. The van der Waals surface area contributed by atoms with Crippen molar-refractivity contribution in [3.05, 3.63) is 29.8 Å². The molecule has 0 radical (unpaired) electrons. The van der Waals surface area contributed by atoms with Gasteiger partial charge in [-0.3, -0.25) is 3.97 Å². The van der Waals surface area contributed by atoms with Crippen LogP contribution in [0.2, 0.25) is 0 Å². The Morgan fingerprint density at radius 3 is 1.46 bits per heavy atom. The van der Waals surface area contributed by atoms with Gasteiger partial charge in [0.2, 0.25) is 0 Å². The van der Waals surface area contributed by atoms with Gasteiger partial charge in [0.15, 0.2) is 0 Å². The van der Waals surface area contributed by atoms with Crippen molar-refractivity contribution in [1.82, 2.24) is 0 Å². The van der Waals surface area contributed by atoms with E-state index in [9.17, 15) is 8.42 Å². The lowest BCUT2D eigenvalue weighted by atomic mass is 9.71. The third-order valence-corrected chi connectivity index (χ3v) is 9.04. The fourth-order valence-corrected chi connectivity index (χ4v) is 5.76. The molecule has 5 heteroatoms. The van der Waals surface area contributed by atoms with Crippen LogP contribution in [0.5, 0.6) is 0 Å². The fraction of sp³-hybridized carbons (Fsp3) is 0.800. The van der Waals surface area contributed by atoms with E-state index < -0.39 is 10.1 Å². The topological polar surface area (TPSA) is 43.4 Å². The minimum absolute atomic E-state index is 0.170. The monoisotopic (exact) mass is 528 g/mol. The second-order valence-electron chi connectivity index (χ2n) is 10.4. The molecule has 0 heterocycles. The zero-order valence-electron chi connectivity index (χ0n) is 23.7. The summed E-state index contributed by atoms with van der Waals surface area (Å²) in [5, 5.41) is 0. The van der Waals surface area contributed by atoms with E-state index in [-0.39, 0.29) is 4.90 Å². The van der Waals surface area contributed by atoms with Gasteiger partial charge in [0, 0.05) is 9.47 Å². The summed E-state index contributed by atoms with van der Waals surface area (Å²) in [6.07, 6.45) is 26.2. The van der Waals surface area contributed by atoms with Crippen LogP contribution in [-0.4, -0.2) is 8.42 Å². The van der Waals surface area contributed by atoms with E-state index in [1.54, 1.807) is 21.6 Å². The van der Waals surface area contributed by atoms with Crippen molar-refractivity contribution in [2.24, 2.45) is 5.41 Å². The Kier molecular flexibility index (Phi) is 21.4. The second kappa shape index (κ2) is 21.6. The van der Waals surface area contributed by atoms with Gasteiger partial charge in [-0.25, -0.2) is 0 Å². The Hall–Kier alpha value is -0.440. The molecule has 35 heavy (non-hydrogen) atoms. The molecule has 206 valence electrons. The van der Waals surface area contributed by atoms with Crippen LogP contribution in [0.3, 0.4) is 0 Å². The maximum absolute atomic E-state index is 11.1. The van der Waals surface area contributed by atoms with Crippen LogP contribution in [0.1, 0.15) is 149 Å². The van der Waals surface area contributed by atoms with E-state index in [0.29, 0.717) is 5.41 Å². The lowest BCUT2D eigenvalue weighted by molar-refractivity contribution is 0.173. The fourth-order valence-electron chi connectivity index (χ4n) is 4.84. The molecule has 0 amide bonds. The van der Waals surface area contributed by atoms with E-state index >= 15 is 0 Å². The lowest BCUT2D eigenvalue weighted by Gasteiger charge is -2.35. The standard InChI is InChI=1S/C23H48.C7H9O3PS/c1-5-9-13-15-18-22-23(19-12-8-4,20-16-11-7-3)21-17-14-10-6-2;1-6-2-4-7(5-3-6)12(8,9)10-11/h5-22H2,1-4H3;2-5H,11H2,1H3. The van der Waals surface area contributed by atoms with Gasteiger partial charge < -0.3 is 0 Å². The predicted molar refractivity (Wildman–Crippen MR) is 157 cm³/mol. The third-order valence-electron chi connectivity index (χ3n) is 7.18. The van der Waals surface area contributed by atoms with Crippen molar-refractivity contribution in [3.8, 4) is 0 Å². The smallest absolute Gasteiger partial charge is 0.251 e. The lowest BCUT2D eigenvalue weighted by Crippen LogP contribution is -2.21. The van der Waals surface area contributed by atoms with E-state index in [2.05, 4.69) is 31.7 Å². The van der Waals surface area contributed by atoms with Crippen molar-refractivity contribution in [3.63, 3.8) is 0 Å². The Balaban J connectivity index is 0.000000801. The first-order chi connectivity index (χ1) is 16.8. The summed E-state index contributed by atoms with van der Waals surface area (Å²) in [5.74, 6) is 0. The molecule has 0 fully saturated rings. The maximum Gasteiger partial charge on any atom is 0.299 e. The summed E-state index contributed by atoms with van der Waals surface area (Å²) < 4.78 is 26.4. The molecule has 0 aliphatic rings. The van der Waals surface area contributed by atoms with E-state index in [1.807, 2.05) is 6.92 Å². The normalized spacial score (nSPS) is 13.2. The van der Waals surface area contributed by atoms with Crippen molar-refractivity contribution < 1.29 is 12.4 Å². The van der Waals surface area contributed by atoms with E-state index in [1.165, 1.54) is 128 Å². The molecular formula is C30H57O3PS. The highest BCUT2D eigenvalue weighted by Crippen LogP contribution is 2.41. The number of rotatable bonds is 20. The van der Waals surface area contributed by atoms with Gasteiger partial charge in [0.25, 0.3) is 10.1 Å². The zero-order valence-corrected chi connectivity index (χ0v) is 25.7. The Bertz CT molecular complexity index is 703. The van der Waals surface area contributed by atoms with Crippen LogP contribution in [0.15, 0.2) is 29.2 Å². The number of hydrogen-bond acceptors (Lipinski definition) is 3. The van der Waals surface area contributed by atoms with Crippen LogP contribution < -0.4 is 0 Å². The van der Waals surface area contributed by atoms with Gasteiger partial charge in [-0.05, 0) is 50.2 Å². The second-order valence-corrected chi connectivity index (χ2v) is 12.5. The minimum atomic E-state index is -3.55. The van der Waals surface area contributed by atoms with E-state index in [0.717, 1.165) is 5.56 Å². The van der Waals surface area contributed by atoms with Gasteiger partial charge in [-0.15, -0.1) is 0 Å². The molecule has 1 aromatic carbocycles. The SMILES string of the molecule is CCCCCCCC(CCCC)(CCCCC)CCCCCC.Cc1ccc(S(=O)(=O)OP)cc1. The predicted octanol–water partition coefficient (Wildman–Crippen LogP) is 10.6. The van der Waals surface area contributed by atoms with Crippen LogP contribution in [0.25, 0.3) is 0 Å². The summed E-state index contributed by atoms with van der Waals surface area (Å²) in [6, 6.07) is 6.45. The summed E-state index contributed by atoms with van der Waals surface area (Å²) in [6.45, 7) is 11.3. The molecule has 0 saturated heterocycles. The third kappa shape index (κ3) is 16.8. The van der Waals surface area contributed by atoms with Crippen molar-refractivity contribution in [2.75, 3.05) is 0 Å². The van der Waals surface area contributed by atoms with Crippen LogP contribution >= 0.6 is 9.47 Å². The molecular weight excluding hydrogens is 471 g/mol. The van der Waals surface area contributed by atoms with Crippen molar-refractivity contribution >= 4 is 19.6 Å². The van der Waals surface area contributed by atoms with Gasteiger partial charge >= 0.3 is 0 Å². The van der Waals surface area contributed by atoms with Gasteiger partial charge in [-0.1, -0.05) is 135 Å². The average molecular weight is 529 g/mol.